The highest BCUT2D eigenvalue weighted by molar-refractivity contribution is 7.89. The van der Waals surface area contributed by atoms with E-state index in [4.69, 9.17) is 9.84 Å². The van der Waals surface area contributed by atoms with Crippen LogP contribution in [0.4, 0.5) is 4.39 Å². The summed E-state index contributed by atoms with van der Waals surface area (Å²) < 4.78 is 46.5. The van der Waals surface area contributed by atoms with E-state index in [1.807, 2.05) is 45.9 Å². The van der Waals surface area contributed by atoms with Crippen molar-refractivity contribution in [3.8, 4) is 5.75 Å². The number of hydrogen-bond acceptors (Lipinski definition) is 4. The van der Waals surface area contributed by atoms with Gasteiger partial charge in [-0.3, -0.25) is 0 Å². The van der Waals surface area contributed by atoms with E-state index in [1.54, 1.807) is 0 Å². The van der Waals surface area contributed by atoms with Crippen LogP contribution < -0.4 is 9.46 Å². The van der Waals surface area contributed by atoms with Gasteiger partial charge in [0.05, 0.1) is 5.56 Å². The minimum absolute atomic E-state index is 0.0337. The summed E-state index contributed by atoms with van der Waals surface area (Å²) in [6, 6.07) is 8.45. The number of carbonyl (C=O) groups is 1. The minimum atomic E-state index is -4.22. The maximum absolute atomic E-state index is 13.9. The molecule has 8 heteroatoms. The predicted octanol–water partition coefficient (Wildman–Crippen LogP) is 3.49. The molecule has 28 heavy (non-hydrogen) atoms. The van der Waals surface area contributed by atoms with E-state index in [1.165, 1.54) is 0 Å². The van der Waals surface area contributed by atoms with Crippen LogP contribution in [0.3, 0.4) is 0 Å². The number of aryl methyl sites for hydroxylation is 1. The van der Waals surface area contributed by atoms with Crippen LogP contribution in [0.15, 0.2) is 41.3 Å². The molecule has 0 heterocycles. The maximum Gasteiger partial charge on any atom is 0.335 e. The minimum Gasteiger partial charge on any atom is -0.492 e. The van der Waals surface area contributed by atoms with Gasteiger partial charge in [0.2, 0.25) is 10.0 Å². The van der Waals surface area contributed by atoms with Gasteiger partial charge in [0.1, 0.15) is 23.1 Å². The van der Waals surface area contributed by atoms with Crippen molar-refractivity contribution < 1.29 is 27.4 Å². The first-order chi connectivity index (χ1) is 12.9. The number of hydrogen-bond donors (Lipinski definition) is 2. The molecular formula is C20H24FNO5S. The molecule has 0 aliphatic rings. The zero-order chi connectivity index (χ0) is 21.1. The predicted molar refractivity (Wildman–Crippen MR) is 104 cm³/mol. The van der Waals surface area contributed by atoms with Crippen molar-refractivity contribution in [2.75, 3.05) is 13.2 Å². The molecule has 0 radical (unpaired) electrons. The quantitative estimate of drug-likeness (QED) is 0.683. The first-order valence-electron chi connectivity index (χ1n) is 8.68. The summed E-state index contributed by atoms with van der Waals surface area (Å²) in [4.78, 5) is 10.3. The largest absolute Gasteiger partial charge is 0.492 e. The molecular weight excluding hydrogens is 385 g/mol. The Morgan fingerprint density at radius 3 is 2.46 bits per heavy atom. The topological polar surface area (TPSA) is 92.7 Å². The smallest absolute Gasteiger partial charge is 0.335 e. The molecule has 0 bridgehead atoms. The number of nitrogens with one attached hydrogen (secondary N) is 1. The lowest BCUT2D eigenvalue weighted by Gasteiger charge is -2.23. The molecule has 2 N–H and O–H groups in total. The van der Waals surface area contributed by atoms with Crippen molar-refractivity contribution in [3.05, 3.63) is 58.9 Å². The van der Waals surface area contributed by atoms with Gasteiger partial charge in [0.25, 0.3) is 0 Å². The number of ether oxygens (including phenoxy) is 1. The molecule has 0 saturated carbocycles. The molecule has 152 valence electrons. The monoisotopic (exact) mass is 409 g/mol. The molecule has 6 nitrogen and oxygen atoms in total. The Labute approximate surface area is 164 Å². The standard InChI is InChI=1S/C20H24FNO5S/c1-13-5-7-15(20(2,3)4)17(11-13)27-10-9-22-28(25,26)18-12-14(19(23)24)6-8-16(18)21/h5-8,11-12,22H,9-10H2,1-4H3,(H,23,24). The molecule has 2 aromatic rings. The van der Waals surface area contributed by atoms with E-state index in [-0.39, 0.29) is 24.1 Å². The Kier molecular flexibility index (Phi) is 6.46. The number of sulfonamides is 1. The van der Waals surface area contributed by atoms with Gasteiger partial charge >= 0.3 is 5.97 Å². The molecule has 0 amide bonds. The number of rotatable bonds is 7. The van der Waals surface area contributed by atoms with E-state index in [2.05, 4.69) is 4.72 Å². The van der Waals surface area contributed by atoms with Crippen molar-refractivity contribution in [3.63, 3.8) is 0 Å². The van der Waals surface area contributed by atoms with Crippen LogP contribution in [-0.4, -0.2) is 32.6 Å². The zero-order valence-corrected chi connectivity index (χ0v) is 17.1. The van der Waals surface area contributed by atoms with Gasteiger partial charge in [0, 0.05) is 6.54 Å². The van der Waals surface area contributed by atoms with Gasteiger partial charge in [-0.15, -0.1) is 0 Å². The molecule has 0 atom stereocenters. The third-order valence-electron chi connectivity index (χ3n) is 4.06. The van der Waals surface area contributed by atoms with Crippen LogP contribution in [0, 0.1) is 12.7 Å². The van der Waals surface area contributed by atoms with Crippen molar-refractivity contribution in [1.29, 1.82) is 0 Å². The summed E-state index contributed by atoms with van der Waals surface area (Å²) in [5.41, 5.74) is 1.54. The van der Waals surface area contributed by atoms with E-state index in [0.717, 1.165) is 29.3 Å². The number of halogens is 1. The van der Waals surface area contributed by atoms with Crippen LogP contribution in [0.25, 0.3) is 0 Å². The number of carboxylic acids is 1. The molecule has 0 aliphatic carbocycles. The normalized spacial score (nSPS) is 12.0. The average molecular weight is 409 g/mol. The fourth-order valence-electron chi connectivity index (χ4n) is 2.63. The zero-order valence-electron chi connectivity index (χ0n) is 16.2. The van der Waals surface area contributed by atoms with Gasteiger partial charge < -0.3 is 9.84 Å². The second-order valence-corrected chi connectivity index (χ2v) is 9.18. The lowest BCUT2D eigenvalue weighted by molar-refractivity contribution is 0.0696. The second-order valence-electron chi connectivity index (χ2n) is 7.45. The van der Waals surface area contributed by atoms with Gasteiger partial charge in [-0.25, -0.2) is 22.3 Å². The molecule has 2 aromatic carbocycles. The highest BCUT2D eigenvalue weighted by Gasteiger charge is 2.22. The van der Waals surface area contributed by atoms with Gasteiger partial charge in [-0.1, -0.05) is 32.9 Å². The molecule has 2 rings (SSSR count). The van der Waals surface area contributed by atoms with Crippen molar-refractivity contribution >= 4 is 16.0 Å². The highest BCUT2D eigenvalue weighted by atomic mass is 32.2. The van der Waals surface area contributed by atoms with E-state index < -0.39 is 26.7 Å². The highest BCUT2D eigenvalue weighted by Crippen LogP contribution is 2.32. The number of carboxylic acid groups (broad SMARTS) is 1. The maximum atomic E-state index is 13.9. The summed E-state index contributed by atoms with van der Waals surface area (Å²) >= 11 is 0. The molecule has 0 aliphatic heterocycles. The Morgan fingerprint density at radius 2 is 1.86 bits per heavy atom. The summed E-state index contributed by atoms with van der Waals surface area (Å²) in [5.74, 6) is -1.70. The van der Waals surface area contributed by atoms with E-state index in [0.29, 0.717) is 5.75 Å². The Bertz CT molecular complexity index is 981. The number of aromatic carboxylic acids is 1. The van der Waals surface area contributed by atoms with Gasteiger partial charge in [0.15, 0.2) is 0 Å². The van der Waals surface area contributed by atoms with E-state index in [9.17, 15) is 17.6 Å². The van der Waals surface area contributed by atoms with E-state index >= 15 is 0 Å². The lowest BCUT2D eigenvalue weighted by atomic mass is 9.86. The fourth-order valence-corrected chi connectivity index (χ4v) is 3.74. The molecule has 0 fully saturated rings. The van der Waals surface area contributed by atoms with Crippen LogP contribution in [-0.2, 0) is 15.4 Å². The van der Waals surface area contributed by atoms with Gasteiger partial charge in [-0.05, 0) is 47.7 Å². The summed E-state index contributed by atoms with van der Waals surface area (Å²) in [5, 5.41) is 8.96. The average Bonchev–Trinajstić information content (AvgIpc) is 2.57. The van der Waals surface area contributed by atoms with Crippen molar-refractivity contribution in [2.24, 2.45) is 0 Å². The third-order valence-corrected chi connectivity index (χ3v) is 5.54. The number of benzene rings is 2. The van der Waals surface area contributed by atoms with Crippen LogP contribution in [0.1, 0.15) is 42.3 Å². The molecule has 0 aromatic heterocycles. The van der Waals surface area contributed by atoms with Crippen LogP contribution >= 0.6 is 0 Å². The Morgan fingerprint density at radius 1 is 1.18 bits per heavy atom. The first kappa shape index (κ1) is 21.8. The van der Waals surface area contributed by atoms with Crippen LogP contribution in [0.2, 0.25) is 0 Å². The van der Waals surface area contributed by atoms with Crippen LogP contribution in [0.5, 0.6) is 5.75 Å². The fraction of sp³-hybridized carbons (Fsp3) is 0.350. The second kappa shape index (κ2) is 8.28. The Balaban J connectivity index is 2.09. The first-order valence-corrected chi connectivity index (χ1v) is 10.2. The SMILES string of the molecule is Cc1ccc(C(C)(C)C)c(OCCNS(=O)(=O)c2cc(C(=O)O)ccc2F)c1. The molecule has 0 saturated heterocycles. The third kappa shape index (κ3) is 5.30. The van der Waals surface area contributed by atoms with Crippen molar-refractivity contribution in [2.45, 2.75) is 38.0 Å². The molecule has 0 spiro atoms. The Hall–Kier alpha value is -2.45. The summed E-state index contributed by atoms with van der Waals surface area (Å²) in [6.45, 7) is 8.01. The van der Waals surface area contributed by atoms with Gasteiger partial charge in [-0.2, -0.15) is 0 Å². The molecule has 0 unspecified atom stereocenters. The summed E-state index contributed by atoms with van der Waals surface area (Å²) in [7, 11) is -4.22. The lowest BCUT2D eigenvalue weighted by Crippen LogP contribution is -2.29. The summed E-state index contributed by atoms with van der Waals surface area (Å²) in [6.07, 6.45) is 0. The van der Waals surface area contributed by atoms with Crippen molar-refractivity contribution in [1.82, 2.24) is 4.72 Å².